The van der Waals surface area contributed by atoms with Crippen LogP contribution in [0.5, 0.6) is 5.75 Å². The highest BCUT2D eigenvalue weighted by atomic mass is 16.5. The minimum atomic E-state index is -0.241. The first-order valence-electron chi connectivity index (χ1n) is 9.65. The van der Waals surface area contributed by atoms with Gasteiger partial charge in [0.2, 0.25) is 0 Å². The lowest BCUT2D eigenvalue weighted by atomic mass is 10.2. The van der Waals surface area contributed by atoms with Gasteiger partial charge in [-0.1, -0.05) is 0 Å². The molecule has 0 spiro atoms. The van der Waals surface area contributed by atoms with E-state index in [2.05, 4.69) is 45.8 Å². The number of benzene rings is 1. The summed E-state index contributed by atoms with van der Waals surface area (Å²) in [5, 5.41) is 2.85. The Morgan fingerprint density at radius 3 is 2.33 bits per heavy atom. The molecule has 4 rings (SSSR count). The van der Waals surface area contributed by atoms with Crippen molar-refractivity contribution in [2.45, 2.75) is 20.5 Å². The molecule has 0 unspecified atom stereocenters. The van der Waals surface area contributed by atoms with Crippen molar-refractivity contribution >= 4 is 11.7 Å². The molecular formula is C24H22N4O2. The molecule has 3 aromatic heterocycles. The van der Waals surface area contributed by atoms with E-state index in [9.17, 15) is 4.79 Å². The van der Waals surface area contributed by atoms with Gasteiger partial charge in [-0.3, -0.25) is 9.78 Å². The van der Waals surface area contributed by atoms with Crippen LogP contribution in [0.25, 0.3) is 5.69 Å². The molecule has 1 aromatic carbocycles. The standard InChI is InChI=1S/C24H22N4O2/c1-17-5-6-18(2)28(17)21-9-7-20(8-10-21)24(29)27-23-22(4-3-13-26-23)30-16-19-11-14-25-15-12-19/h3-15H,16H2,1-2H3,(H,26,27,29). The van der Waals surface area contributed by atoms with Crippen molar-refractivity contribution in [1.82, 2.24) is 14.5 Å². The van der Waals surface area contributed by atoms with Gasteiger partial charge in [-0.05, 0) is 80.1 Å². The summed E-state index contributed by atoms with van der Waals surface area (Å²) in [6.45, 7) is 4.48. The van der Waals surface area contributed by atoms with Crippen LogP contribution in [0.4, 0.5) is 5.82 Å². The molecule has 150 valence electrons. The second kappa shape index (κ2) is 8.61. The van der Waals surface area contributed by atoms with E-state index in [1.54, 1.807) is 30.7 Å². The molecule has 0 radical (unpaired) electrons. The van der Waals surface area contributed by atoms with Crippen molar-refractivity contribution in [3.05, 3.63) is 102 Å². The number of carbonyl (C=O) groups is 1. The first kappa shape index (κ1) is 19.4. The van der Waals surface area contributed by atoms with Crippen LogP contribution in [-0.4, -0.2) is 20.4 Å². The molecule has 3 heterocycles. The van der Waals surface area contributed by atoms with Crippen LogP contribution in [0.3, 0.4) is 0 Å². The molecule has 6 nitrogen and oxygen atoms in total. The second-order valence-corrected chi connectivity index (χ2v) is 6.95. The number of aryl methyl sites for hydroxylation is 2. The number of aromatic nitrogens is 3. The Hall–Kier alpha value is -3.93. The minimum Gasteiger partial charge on any atom is -0.485 e. The van der Waals surface area contributed by atoms with Gasteiger partial charge in [0.25, 0.3) is 5.91 Å². The van der Waals surface area contributed by atoms with E-state index < -0.39 is 0 Å². The quantitative estimate of drug-likeness (QED) is 0.510. The maximum absolute atomic E-state index is 12.8. The van der Waals surface area contributed by atoms with Crippen molar-refractivity contribution in [3.8, 4) is 11.4 Å². The normalized spacial score (nSPS) is 10.6. The second-order valence-electron chi connectivity index (χ2n) is 6.95. The Labute approximate surface area is 175 Å². The summed E-state index contributed by atoms with van der Waals surface area (Å²) in [6, 6.07) is 19.0. The maximum Gasteiger partial charge on any atom is 0.256 e. The Bertz CT molecular complexity index is 1130. The lowest BCUT2D eigenvalue weighted by molar-refractivity contribution is 0.102. The molecule has 0 saturated heterocycles. The van der Waals surface area contributed by atoms with E-state index >= 15 is 0 Å². The summed E-state index contributed by atoms with van der Waals surface area (Å²) in [5.41, 5.74) is 4.85. The fourth-order valence-corrected chi connectivity index (χ4v) is 3.26. The van der Waals surface area contributed by atoms with Crippen LogP contribution in [0, 0.1) is 13.8 Å². The number of nitrogens with zero attached hydrogens (tertiary/aromatic N) is 3. The number of amides is 1. The van der Waals surface area contributed by atoms with Crippen molar-refractivity contribution in [3.63, 3.8) is 0 Å². The Morgan fingerprint density at radius 1 is 0.933 bits per heavy atom. The van der Waals surface area contributed by atoms with Crippen LogP contribution in [0.1, 0.15) is 27.3 Å². The summed E-state index contributed by atoms with van der Waals surface area (Å²) >= 11 is 0. The number of hydrogen-bond donors (Lipinski definition) is 1. The minimum absolute atomic E-state index is 0.241. The zero-order valence-electron chi connectivity index (χ0n) is 16.9. The van der Waals surface area contributed by atoms with E-state index in [-0.39, 0.29) is 5.91 Å². The number of rotatable bonds is 6. The first-order chi connectivity index (χ1) is 14.6. The largest absolute Gasteiger partial charge is 0.485 e. The summed E-state index contributed by atoms with van der Waals surface area (Å²) in [5.74, 6) is 0.658. The summed E-state index contributed by atoms with van der Waals surface area (Å²) in [6.07, 6.45) is 5.05. The highest BCUT2D eigenvalue weighted by Crippen LogP contribution is 2.23. The van der Waals surface area contributed by atoms with Crippen molar-refractivity contribution < 1.29 is 9.53 Å². The Balaban J connectivity index is 1.48. The maximum atomic E-state index is 12.8. The van der Waals surface area contributed by atoms with Crippen molar-refractivity contribution in [1.29, 1.82) is 0 Å². The molecule has 0 aliphatic carbocycles. The van der Waals surface area contributed by atoms with Crippen LogP contribution >= 0.6 is 0 Å². The number of ether oxygens (including phenoxy) is 1. The topological polar surface area (TPSA) is 69.0 Å². The molecule has 0 aliphatic heterocycles. The number of pyridine rings is 2. The van der Waals surface area contributed by atoms with Gasteiger partial charge in [0.1, 0.15) is 6.61 Å². The summed E-state index contributed by atoms with van der Waals surface area (Å²) in [7, 11) is 0. The lowest BCUT2D eigenvalue weighted by Gasteiger charge is -2.12. The van der Waals surface area contributed by atoms with E-state index in [0.717, 1.165) is 22.6 Å². The highest BCUT2D eigenvalue weighted by molar-refractivity contribution is 6.04. The summed E-state index contributed by atoms with van der Waals surface area (Å²) < 4.78 is 7.99. The Morgan fingerprint density at radius 2 is 1.63 bits per heavy atom. The van der Waals surface area contributed by atoms with Crippen LogP contribution in [-0.2, 0) is 6.61 Å². The molecule has 0 bridgehead atoms. The highest BCUT2D eigenvalue weighted by Gasteiger charge is 2.12. The van der Waals surface area contributed by atoms with Crippen molar-refractivity contribution in [2.75, 3.05) is 5.32 Å². The molecule has 30 heavy (non-hydrogen) atoms. The molecule has 0 atom stereocenters. The van der Waals surface area contributed by atoms with E-state index in [4.69, 9.17) is 4.74 Å². The third-order valence-electron chi connectivity index (χ3n) is 4.81. The average molecular weight is 398 g/mol. The van der Waals surface area contributed by atoms with E-state index in [1.165, 1.54) is 0 Å². The van der Waals surface area contributed by atoms with E-state index in [0.29, 0.717) is 23.7 Å². The third kappa shape index (κ3) is 4.22. The number of nitrogens with one attached hydrogen (secondary N) is 1. The fourth-order valence-electron chi connectivity index (χ4n) is 3.26. The van der Waals surface area contributed by atoms with Crippen LogP contribution < -0.4 is 10.1 Å². The Kier molecular flexibility index (Phi) is 5.57. The molecular weight excluding hydrogens is 376 g/mol. The monoisotopic (exact) mass is 398 g/mol. The SMILES string of the molecule is Cc1ccc(C)n1-c1ccc(C(=O)Nc2ncccc2OCc2ccncc2)cc1. The summed E-state index contributed by atoms with van der Waals surface area (Å²) in [4.78, 5) is 21.0. The number of hydrogen-bond acceptors (Lipinski definition) is 4. The first-order valence-corrected chi connectivity index (χ1v) is 9.65. The predicted octanol–water partition coefficient (Wildman–Crippen LogP) is 4.72. The van der Waals surface area contributed by atoms with Gasteiger partial charge in [-0.15, -0.1) is 0 Å². The zero-order valence-corrected chi connectivity index (χ0v) is 16.9. The van der Waals surface area contributed by atoms with Gasteiger partial charge in [0, 0.05) is 41.2 Å². The van der Waals surface area contributed by atoms with Gasteiger partial charge >= 0.3 is 0 Å². The average Bonchev–Trinajstić information content (AvgIpc) is 3.12. The molecule has 0 aliphatic rings. The predicted molar refractivity (Wildman–Crippen MR) is 116 cm³/mol. The van der Waals surface area contributed by atoms with Crippen molar-refractivity contribution in [2.24, 2.45) is 0 Å². The van der Waals surface area contributed by atoms with Gasteiger partial charge in [0.15, 0.2) is 11.6 Å². The molecule has 0 saturated carbocycles. The number of carbonyl (C=O) groups excluding carboxylic acids is 1. The van der Waals surface area contributed by atoms with Crippen LogP contribution in [0.15, 0.2) is 79.3 Å². The third-order valence-corrected chi connectivity index (χ3v) is 4.81. The van der Waals surface area contributed by atoms with E-state index in [1.807, 2.05) is 36.4 Å². The smallest absolute Gasteiger partial charge is 0.256 e. The van der Waals surface area contributed by atoms with Crippen LogP contribution in [0.2, 0.25) is 0 Å². The molecule has 6 heteroatoms. The molecule has 4 aromatic rings. The van der Waals surface area contributed by atoms with Gasteiger partial charge < -0.3 is 14.6 Å². The van der Waals surface area contributed by atoms with Gasteiger partial charge in [-0.25, -0.2) is 4.98 Å². The van der Waals surface area contributed by atoms with Gasteiger partial charge in [-0.2, -0.15) is 0 Å². The number of anilines is 1. The van der Waals surface area contributed by atoms with Gasteiger partial charge in [0.05, 0.1) is 0 Å². The fraction of sp³-hybridized carbons (Fsp3) is 0.125. The zero-order chi connectivity index (χ0) is 20.9. The lowest BCUT2D eigenvalue weighted by Crippen LogP contribution is -2.14. The molecule has 0 fully saturated rings. The molecule has 1 amide bonds. The molecule has 1 N–H and O–H groups in total.